The monoisotopic (exact) mass is 264 g/mol. The molecule has 0 N–H and O–H groups in total. The maximum atomic E-state index is 8.24. The van der Waals surface area contributed by atoms with Gasteiger partial charge in [-0.2, -0.15) is 0 Å². The summed E-state index contributed by atoms with van der Waals surface area (Å²) in [4.78, 5) is 16.5. The van der Waals surface area contributed by atoms with Gasteiger partial charge in [0.25, 0.3) is 0 Å². The first-order valence-corrected chi connectivity index (χ1v) is 5.53. The molecule has 0 amide bonds. The van der Waals surface area contributed by atoms with E-state index in [1.807, 2.05) is 36.4 Å². The van der Waals surface area contributed by atoms with Crippen LogP contribution >= 0.6 is 0 Å². The minimum Gasteiger partial charge on any atom is -0.724 e. The van der Waals surface area contributed by atoms with Crippen molar-refractivity contribution < 1.29 is 9.59 Å². The topological polar surface area (TPSA) is 78.7 Å². The fourth-order valence-corrected chi connectivity index (χ4v) is 1.45. The number of nitrogens with zero attached hydrogens (tertiary/aromatic N) is 2. The SMILES string of the molecule is C=C(c1ccccc1)c1ccccc1.[N-]=C=O.[N-]=C=O. The van der Waals surface area contributed by atoms with Gasteiger partial charge in [-0.25, -0.2) is 0 Å². The van der Waals surface area contributed by atoms with Crippen molar-refractivity contribution in [2.45, 2.75) is 0 Å². The first-order chi connectivity index (χ1) is 9.71. The van der Waals surface area contributed by atoms with Gasteiger partial charge in [0.15, 0.2) is 0 Å². The molecule has 0 fully saturated rings. The highest BCUT2D eigenvalue weighted by molar-refractivity contribution is 5.77. The van der Waals surface area contributed by atoms with E-state index in [4.69, 9.17) is 20.4 Å². The predicted octanol–water partition coefficient (Wildman–Crippen LogP) is 3.53. The Morgan fingerprint density at radius 3 is 1.25 bits per heavy atom. The molecule has 4 heteroatoms. The fraction of sp³-hybridized carbons (Fsp3) is 0. The van der Waals surface area contributed by atoms with Gasteiger partial charge < -0.3 is 10.8 Å². The summed E-state index contributed by atoms with van der Waals surface area (Å²) in [7, 11) is 0. The molecule has 0 aliphatic heterocycles. The van der Waals surface area contributed by atoms with Crippen LogP contribution in [0.5, 0.6) is 0 Å². The van der Waals surface area contributed by atoms with Crippen LogP contribution in [0.4, 0.5) is 0 Å². The molecule has 0 saturated heterocycles. The Labute approximate surface area is 117 Å². The third-order valence-electron chi connectivity index (χ3n) is 2.24. The first kappa shape index (κ1) is 16.9. The lowest BCUT2D eigenvalue weighted by molar-refractivity contribution is 0.568. The summed E-state index contributed by atoms with van der Waals surface area (Å²) in [6, 6.07) is 20.5. The summed E-state index contributed by atoms with van der Waals surface area (Å²) in [6.45, 7) is 4.10. The van der Waals surface area contributed by atoms with Crippen LogP contribution in [0.1, 0.15) is 11.1 Å². The molecule has 0 aliphatic carbocycles. The molecule has 4 nitrogen and oxygen atoms in total. The molecule has 2 aromatic carbocycles. The van der Waals surface area contributed by atoms with Gasteiger partial charge in [-0.15, -0.1) is 0 Å². The summed E-state index contributed by atoms with van der Waals surface area (Å²) in [5.74, 6) is 0. The van der Waals surface area contributed by atoms with Crippen molar-refractivity contribution in [1.29, 1.82) is 0 Å². The second-order valence-corrected chi connectivity index (χ2v) is 3.39. The molecule has 0 aliphatic rings. The lowest BCUT2D eigenvalue weighted by Crippen LogP contribution is -1.84. The van der Waals surface area contributed by atoms with Gasteiger partial charge in [0, 0.05) is 0 Å². The highest BCUT2D eigenvalue weighted by Crippen LogP contribution is 2.20. The Kier molecular flexibility index (Phi) is 9.36. The minimum atomic E-state index is 0.500. The standard InChI is InChI=1S/C14H12.2CNO/c1-12(13-8-4-2-5-9-13)14-10-6-3-7-11-14;2*2-1-3/h2-11H,1H2;;/q;2*-1. The van der Waals surface area contributed by atoms with Crippen molar-refractivity contribution in [3.05, 3.63) is 89.2 Å². The minimum absolute atomic E-state index is 0.500. The Balaban J connectivity index is 0.000000520. The van der Waals surface area contributed by atoms with E-state index in [-0.39, 0.29) is 0 Å². The molecule has 0 atom stereocenters. The Hall–Kier alpha value is -3.06. The highest BCUT2D eigenvalue weighted by atomic mass is 16.1. The zero-order chi connectivity index (χ0) is 15.2. The average Bonchev–Trinajstić information content (AvgIpc) is 2.50. The van der Waals surface area contributed by atoms with Crippen LogP contribution in [0.15, 0.2) is 67.2 Å². The van der Waals surface area contributed by atoms with Crippen LogP contribution in [-0.2, 0) is 9.59 Å². The van der Waals surface area contributed by atoms with Crippen molar-refractivity contribution in [3.63, 3.8) is 0 Å². The summed E-state index contributed by atoms with van der Waals surface area (Å²) >= 11 is 0. The lowest BCUT2D eigenvalue weighted by atomic mass is 10.0. The van der Waals surface area contributed by atoms with Crippen molar-refractivity contribution in [2.24, 2.45) is 0 Å². The fourth-order valence-electron chi connectivity index (χ4n) is 1.45. The third-order valence-corrected chi connectivity index (χ3v) is 2.24. The molecule has 0 bridgehead atoms. The van der Waals surface area contributed by atoms with Gasteiger partial charge in [-0.3, -0.25) is 9.59 Å². The van der Waals surface area contributed by atoms with Crippen LogP contribution in [0.25, 0.3) is 16.4 Å². The number of benzene rings is 2. The molecule has 100 valence electrons. The highest BCUT2D eigenvalue weighted by Gasteiger charge is 1.99. The molecule has 2 rings (SSSR count). The van der Waals surface area contributed by atoms with Crippen LogP contribution in [0.3, 0.4) is 0 Å². The zero-order valence-corrected chi connectivity index (χ0v) is 10.7. The van der Waals surface area contributed by atoms with Gasteiger partial charge >= 0.3 is 0 Å². The first-order valence-electron chi connectivity index (χ1n) is 5.53. The van der Waals surface area contributed by atoms with Crippen molar-refractivity contribution >= 4 is 17.7 Å². The molecule has 20 heavy (non-hydrogen) atoms. The Morgan fingerprint density at radius 1 is 0.750 bits per heavy atom. The molecule has 0 radical (unpaired) electrons. The largest absolute Gasteiger partial charge is 0.724 e. The summed E-state index contributed by atoms with van der Waals surface area (Å²) in [6.07, 6.45) is 1.00. The van der Waals surface area contributed by atoms with Crippen LogP contribution in [0.2, 0.25) is 0 Å². The molecular formula is C16H12N2O2-2. The van der Waals surface area contributed by atoms with Crippen LogP contribution < -0.4 is 0 Å². The number of rotatable bonds is 2. The number of hydrogen-bond donors (Lipinski definition) is 0. The quantitative estimate of drug-likeness (QED) is 0.614. The van der Waals surface area contributed by atoms with Gasteiger partial charge in [0.2, 0.25) is 0 Å². The maximum absolute atomic E-state index is 8.24. The summed E-state index contributed by atoms with van der Waals surface area (Å²) < 4.78 is 0. The van der Waals surface area contributed by atoms with E-state index in [2.05, 4.69) is 30.8 Å². The van der Waals surface area contributed by atoms with Crippen molar-refractivity contribution in [3.8, 4) is 0 Å². The van der Waals surface area contributed by atoms with Gasteiger partial charge in [-0.05, 0) is 28.9 Å². The smallest absolute Gasteiger partial charge is 0.0159 e. The second-order valence-electron chi connectivity index (χ2n) is 3.39. The second kappa shape index (κ2) is 11.1. The maximum Gasteiger partial charge on any atom is -0.0159 e. The number of carbonyl (C=O) groups excluding carboxylic acids is 2. The van der Waals surface area contributed by atoms with E-state index in [0.717, 1.165) is 5.57 Å². The zero-order valence-electron chi connectivity index (χ0n) is 10.7. The van der Waals surface area contributed by atoms with E-state index in [1.54, 1.807) is 0 Å². The molecule has 0 heterocycles. The van der Waals surface area contributed by atoms with E-state index in [1.165, 1.54) is 11.1 Å². The van der Waals surface area contributed by atoms with E-state index in [9.17, 15) is 0 Å². The molecular weight excluding hydrogens is 252 g/mol. The Bertz CT molecular complexity index is 527. The number of hydrogen-bond acceptors (Lipinski definition) is 2. The van der Waals surface area contributed by atoms with Crippen molar-refractivity contribution in [1.82, 2.24) is 0 Å². The third kappa shape index (κ3) is 6.62. The molecule has 0 saturated carbocycles. The average molecular weight is 264 g/mol. The number of isocyanates is 2. The Morgan fingerprint density at radius 2 is 1.00 bits per heavy atom. The summed E-state index contributed by atoms with van der Waals surface area (Å²) in [5.41, 5.74) is 3.43. The van der Waals surface area contributed by atoms with Crippen LogP contribution in [0, 0.1) is 0 Å². The van der Waals surface area contributed by atoms with Crippen LogP contribution in [-0.4, -0.2) is 12.2 Å². The van der Waals surface area contributed by atoms with Gasteiger partial charge in [0.05, 0.1) is 0 Å². The predicted molar refractivity (Wildman–Crippen MR) is 79.1 cm³/mol. The van der Waals surface area contributed by atoms with Gasteiger partial charge in [0.1, 0.15) is 0 Å². The molecule has 0 aromatic heterocycles. The van der Waals surface area contributed by atoms with E-state index < -0.39 is 0 Å². The molecule has 0 spiro atoms. The van der Waals surface area contributed by atoms with Gasteiger partial charge in [-0.1, -0.05) is 67.2 Å². The summed E-state index contributed by atoms with van der Waals surface area (Å²) in [5, 5.41) is 13.5. The molecule has 2 aromatic rings. The van der Waals surface area contributed by atoms with Crippen molar-refractivity contribution in [2.75, 3.05) is 0 Å². The van der Waals surface area contributed by atoms with E-state index >= 15 is 0 Å². The van der Waals surface area contributed by atoms with E-state index in [0.29, 0.717) is 12.2 Å². The molecule has 0 unspecified atom stereocenters. The normalized spacial score (nSPS) is 7.60. The lowest BCUT2D eigenvalue weighted by Gasteiger charge is -2.04.